The minimum absolute atomic E-state index is 0.210. The van der Waals surface area contributed by atoms with Gasteiger partial charge in [-0.25, -0.2) is 0 Å². The Morgan fingerprint density at radius 1 is 1.04 bits per heavy atom. The number of rotatable bonds is 4. The predicted molar refractivity (Wildman–Crippen MR) is 93.6 cm³/mol. The Bertz CT molecular complexity index is 768. The largest absolute Gasteiger partial charge is 0.479 e. The molecular weight excluding hydrogens is 375 g/mol. The molecule has 0 aromatic heterocycles. The Labute approximate surface area is 153 Å². The van der Waals surface area contributed by atoms with Gasteiger partial charge in [0.15, 0.2) is 6.10 Å². The highest BCUT2D eigenvalue weighted by atomic mass is 35.5. The molecule has 8 heteroatoms. The first-order valence-corrected chi connectivity index (χ1v) is 7.98. The first-order chi connectivity index (χ1) is 11.4. The van der Waals surface area contributed by atoms with Gasteiger partial charge in [-0.05, 0) is 37.3 Å². The van der Waals surface area contributed by atoms with Crippen LogP contribution in [0.15, 0.2) is 42.5 Å². The highest BCUT2D eigenvalue weighted by Gasteiger charge is 2.18. The zero-order valence-corrected chi connectivity index (χ0v) is 14.7. The van der Waals surface area contributed by atoms with Crippen molar-refractivity contribution in [3.8, 4) is 5.75 Å². The molecule has 2 rings (SSSR count). The Hall–Kier alpha value is -1.95. The van der Waals surface area contributed by atoms with Crippen LogP contribution in [0, 0.1) is 0 Å². The topological polar surface area (TPSA) is 67.4 Å². The molecule has 1 atom stereocenters. The molecule has 2 N–H and O–H groups in total. The number of hydrogen-bond acceptors (Lipinski definition) is 3. The normalized spacial score (nSPS) is 11.5. The fourth-order valence-electron chi connectivity index (χ4n) is 1.74. The van der Waals surface area contributed by atoms with Crippen LogP contribution in [0.4, 0.5) is 0 Å². The molecule has 5 nitrogen and oxygen atoms in total. The van der Waals surface area contributed by atoms with E-state index in [0.717, 1.165) is 0 Å². The van der Waals surface area contributed by atoms with E-state index in [0.29, 0.717) is 15.6 Å². The average molecular weight is 388 g/mol. The number of hydrazine groups is 1. The summed E-state index contributed by atoms with van der Waals surface area (Å²) >= 11 is 17.7. The number of nitrogens with one attached hydrogen (secondary N) is 2. The van der Waals surface area contributed by atoms with Crippen molar-refractivity contribution in [3.05, 3.63) is 63.1 Å². The van der Waals surface area contributed by atoms with E-state index in [1.54, 1.807) is 36.4 Å². The van der Waals surface area contributed by atoms with Crippen molar-refractivity contribution >= 4 is 46.6 Å². The molecule has 0 aliphatic heterocycles. The van der Waals surface area contributed by atoms with Crippen molar-refractivity contribution in [2.24, 2.45) is 0 Å². The lowest BCUT2D eigenvalue weighted by Crippen LogP contribution is -2.47. The molecule has 126 valence electrons. The first-order valence-electron chi connectivity index (χ1n) is 6.85. The molecule has 0 saturated heterocycles. The Balaban J connectivity index is 1.92. The van der Waals surface area contributed by atoms with Crippen molar-refractivity contribution in [1.82, 2.24) is 10.9 Å². The van der Waals surface area contributed by atoms with E-state index >= 15 is 0 Å². The molecule has 0 radical (unpaired) electrons. The van der Waals surface area contributed by atoms with E-state index < -0.39 is 17.9 Å². The second-order valence-electron chi connectivity index (χ2n) is 4.77. The van der Waals surface area contributed by atoms with Gasteiger partial charge in [-0.2, -0.15) is 0 Å². The third kappa shape index (κ3) is 4.77. The lowest BCUT2D eigenvalue weighted by Gasteiger charge is -2.16. The molecule has 0 fully saturated rings. The lowest BCUT2D eigenvalue weighted by atomic mass is 10.2. The molecule has 0 bridgehead atoms. The van der Waals surface area contributed by atoms with E-state index in [2.05, 4.69) is 10.9 Å². The Morgan fingerprint density at radius 2 is 1.75 bits per heavy atom. The molecular formula is C16H13Cl3N2O3. The summed E-state index contributed by atoms with van der Waals surface area (Å²) in [6.07, 6.45) is -0.902. The van der Waals surface area contributed by atoms with Crippen LogP contribution in [0.3, 0.4) is 0 Å². The third-order valence-electron chi connectivity index (χ3n) is 2.98. The summed E-state index contributed by atoms with van der Waals surface area (Å²) in [6, 6.07) is 11.2. The number of carbonyl (C=O) groups is 2. The summed E-state index contributed by atoms with van der Waals surface area (Å²) in [5, 5.41) is 0.944. The van der Waals surface area contributed by atoms with Gasteiger partial charge in [0.25, 0.3) is 11.8 Å². The molecule has 2 aromatic carbocycles. The van der Waals surface area contributed by atoms with Crippen molar-refractivity contribution in [3.63, 3.8) is 0 Å². The van der Waals surface area contributed by atoms with Crippen LogP contribution < -0.4 is 15.6 Å². The summed E-state index contributed by atoms with van der Waals surface area (Å²) in [6.45, 7) is 1.51. The molecule has 0 saturated carbocycles. The van der Waals surface area contributed by atoms with Gasteiger partial charge in [-0.3, -0.25) is 20.4 Å². The zero-order chi connectivity index (χ0) is 17.7. The summed E-state index contributed by atoms with van der Waals surface area (Å²) in [5.74, 6) is -0.784. The first kappa shape index (κ1) is 18.4. The smallest absolute Gasteiger partial charge is 0.279 e. The van der Waals surface area contributed by atoms with E-state index in [-0.39, 0.29) is 10.8 Å². The Kier molecular flexibility index (Phi) is 6.31. The van der Waals surface area contributed by atoms with Gasteiger partial charge in [-0.15, -0.1) is 0 Å². The highest BCUT2D eigenvalue weighted by molar-refractivity contribution is 6.42. The van der Waals surface area contributed by atoms with Crippen molar-refractivity contribution in [2.75, 3.05) is 0 Å². The van der Waals surface area contributed by atoms with E-state index in [1.165, 1.54) is 13.0 Å². The average Bonchev–Trinajstić information content (AvgIpc) is 2.56. The molecule has 24 heavy (non-hydrogen) atoms. The number of carbonyl (C=O) groups excluding carboxylic acids is 2. The molecule has 0 heterocycles. The summed E-state index contributed by atoms with van der Waals surface area (Å²) in [7, 11) is 0. The van der Waals surface area contributed by atoms with Crippen molar-refractivity contribution in [1.29, 1.82) is 0 Å². The number of benzene rings is 2. The minimum Gasteiger partial charge on any atom is -0.479 e. The fraction of sp³-hybridized carbons (Fsp3) is 0.125. The highest BCUT2D eigenvalue weighted by Crippen LogP contribution is 2.32. The number of amides is 2. The SMILES string of the molecule is CC(Oc1cccc(Cl)c1Cl)C(=O)NNC(=O)c1cccc(Cl)c1. The maximum absolute atomic E-state index is 12.0. The van der Waals surface area contributed by atoms with Gasteiger partial charge < -0.3 is 4.74 Å². The number of halogens is 3. The second-order valence-corrected chi connectivity index (χ2v) is 5.99. The molecule has 0 spiro atoms. The monoisotopic (exact) mass is 386 g/mol. The van der Waals surface area contributed by atoms with Crippen LogP contribution in [0.5, 0.6) is 5.75 Å². The lowest BCUT2D eigenvalue weighted by molar-refractivity contribution is -0.128. The zero-order valence-electron chi connectivity index (χ0n) is 12.5. The summed E-state index contributed by atoms with van der Waals surface area (Å²) in [5.41, 5.74) is 4.87. The molecule has 2 amide bonds. The van der Waals surface area contributed by atoms with Gasteiger partial charge in [0.2, 0.25) is 0 Å². The second kappa shape index (κ2) is 8.24. The van der Waals surface area contributed by atoms with Crippen LogP contribution >= 0.6 is 34.8 Å². The van der Waals surface area contributed by atoms with Gasteiger partial charge in [0, 0.05) is 10.6 Å². The minimum atomic E-state index is -0.902. The molecule has 2 aromatic rings. The van der Waals surface area contributed by atoms with Crippen molar-refractivity contribution in [2.45, 2.75) is 13.0 Å². The van der Waals surface area contributed by atoms with E-state index in [1.807, 2.05) is 0 Å². The molecule has 1 unspecified atom stereocenters. The van der Waals surface area contributed by atoms with Crippen LogP contribution in [-0.2, 0) is 4.79 Å². The van der Waals surface area contributed by atoms with Crippen LogP contribution in [0.2, 0.25) is 15.1 Å². The van der Waals surface area contributed by atoms with Crippen molar-refractivity contribution < 1.29 is 14.3 Å². The maximum Gasteiger partial charge on any atom is 0.279 e. The predicted octanol–water partition coefficient (Wildman–Crippen LogP) is 3.88. The van der Waals surface area contributed by atoms with Crippen LogP contribution in [0.1, 0.15) is 17.3 Å². The third-order valence-corrected chi connectivity index (χ3v) is 4.01. The van der Waals surface area contributed by atoms with Gasteiger partial charge >= 0.3 is 0 Å². The van der Waals surface area contributed by atoms with Gasteiger partial charge in [-0.1, -0.05) is 46.9 Å². The summed E-state index contributed by atoms with van der Waals surface area (Å²) < 4.78 is 5.44. The van der Waals surface area contributed by atoms with Crippen LogP contribution in [-0.4, -0.2) is 17.9 Å². The fourth-order valence-corrected chi connectivity index (χ4v) is 2.27. The quantitative estimate of drug-likeness (QED) is 0.783. The van der Waals surface area contributed by atoms with Gasteiger partial charge in [0.1, 0.15) is 10.8 Å². The van der Waals surface area contributed by atoms with Crippen LogP contribution in [0.25, 0.3) is 0 Å². The van der Waals surface area contributed by atoms with Gasteiger partial charge in [0.05, 0.1) is 5.02 Å². The maximum atomic E-state index is 12.0. The summed E-state index contributed by atoms with van der Waals surface area (Å²) in [4.78, 5) is 23.9. The molecule has 0 aliphatic rings. The number of hydrogen-bond donors (Lipinski definition) is 2. The Morgan fingerprint density at radius 3 is 2.46 bits per heavy atom. The standard InChI is InChI=1S/C16H13Cl3N2O3/c1-9(24-13-7-3-6-12(18)14(13)19)15(22)20-21-16(23)10-4-2-5-11(17)8-10/h2-9H,1H3,(H,20,22)(H,21,23). The van der Waals surface area contributed by atoms with E-state index in [4.69, 9.17) is 39.5 Å². The molecule has 0 aliphatic carbocycles. The number of ether oxygens (including phenoxy) is 1. The van der Waals surface area contributed by atoms with E-state index in [9.17, 15) is 9.59 Å².